The molecule has 200 valence electrons. The van der Waals surface area contributed by atoms with E-state index in [9.17, 15) is 0 Å². The molecule has 0 aromatic heterocycles. The molecule has 3 unspecified atom stereocenters. The first-order chi connectivity index (χ1) is 18.9. The van der Waals surface area contributed by atoms with E-state index in [1.807, 2.05) is 73.0 Å². The highest BCUT2D eigenvalue weighted by Gasteiger charge is 2.41. The van der Waals surface area contributed by atoms with Gasteiger partial charge in [0.25, 0.3) is 0 Å². The molecule has 0 bridgehead atoms. The Morgan fingerprint density at radius 3 is 2.08 bits per heavy atom. The number of hydrogen-bond donors (Lipinski definition) is 1. The lowest BCUT2D eigenvalue weighted by Crippen LogP contribution is -2.34. The third-order valence-electron chi connectivity index (χ3n) is 6.81. The first-order valence-electron chi connectivity index (χ1n) is 13.3. The summed E-state index contributed by atoms with van der Waals surface area (Å²) in [7, 11) is 0. The van der Waals surface area contributed by atoms with Crippen LogP contribution in [-0.4, -0.2) is 25.5 Å². The molecule has 4 heteroatoms. The Kier molecular flexibility index (Phi) is 10.5. The molecule has 3 aliphatic heterocycles. The van der Waals surface area contributed by atoms with Gasteiger partial charge in [-0.1, -0.05) is 104 Å². The molecule has 4 aromatic carbocycles. The van der Waals surface area contributed by atoms with E-state index in [4.69, 9.17) is 9.47 Å². The van der Waals surface area contributed by atoms with Crippen molar-refractivity contribution in [2.24, 2.45) is 4.99 Å². The summed E-state index contributed by atoms with van der Waals surface area (Å²) in [5.41, 5.74) is 6.10. The standard InChI is InChI=1S/C17H17NO.C13H11N.C4H6O.CH4/c1-2-6-12(7-3-1)16-17-14(10-11-19-17)13-8-4-5-9-15(13)18-16;1-3-7-12(8-4-1)11-14-13-9-5-2-6-10-13;1-2-4-5-3-1;/h1-9,14,16-18H,10-11H2;1-11H;1,3H,2,4H2;1H4. The largest absolute Gasteiger partial charge is 0.501 e. The van der Waals surface area contributed by atoms with Gasteiger partial charge in [-0.3, -0.25) is 4.99 Å². The maximum absolute atomic E-state index is 6.02. The summed E-state index contributed by atoms with van der Waals surface area (Å²) >= 11 is 0. The minimum Gasteiger partial charge on any atom is -0.501 e. The molecule has 0 saturated carbocycles. The van der Waals surface area contributed by atoms with E-state index in [0.717, 1.165) is 37.3 Å². The summed E-state index contributed by atoms with van der Waals surface area (Å²) in [4.78, 5) is 4.35. The van der Waals surface area contributed by atoms with Crippen molar-refractivity contribution >= 4 is 17.6 Å². The van der Waals surface area contributed by atoms with Crippen molar-refractivity contribution in [1.82, 2.24) is 0 Å². The number of fused-ring (bicyclic) bond motifs is 3. The summed E-state index contributed by atoms with van der Waals surface area (Å²) in [6.45, 7) is 1.76. The van der Waals surface area contributed by atoms with Crippen LogP contribution in [0, 0.1) is 0 Å². The summed E-state index contributed by atoms with van der Waals surface area (Å²) in [5, 5.41) is 3.66. The Labute approximate surface area is 233 Å². The molecule has 3 heterocycles. The quantitative estimate of drug-likeness (QED) is 0.276. The minimum absolute atomic E-state index is 0. The number of para-hydroxylation sites is 2. The van der Waals surface area contributed by atoms with Gasteiger partial charge in [-0.15, -0.1) is 0 Å². The predicted molar refractivity (Wildman–Crippen MR) is 163 cm³/mol. The molecule has 4 nitrogen and oxygen atoms in total. The monoisotopic (exact) mass is 518 g/mol. The SMILES string of the molecule is C.C(=Nc1ccccc1)c1ccccc1.C1=COCC1.c1ccc(C2Nc3ccccc3C3CCOC32)cc1. The van der Waals surface area contributed by atoms with Gasteiger partial charge in [0.2, 0.25) is 0 Å². The van der Waals surface area contributed by atoms with Gasteiger partial charge in [-0.05, 0) is 47.4 Å². The molecule has 3 aliphatic rings. The molecule has 1 fully saturated rings. The van der Waals surface area contributed by atoms with Gasteiger partial charge >= 0.3 is 0 Å². The van der Waals surface area contributed by atoms with Gasteiger partial charge in [-0.2, -0.15) is 0 Å². The number of aliphatic imine (C=N–C) groups is 1. The third kappa shape index (κ3) is 7.68. The van der Waals surface area contributed by atoms with Crippen molar-refractivity contribution in [3.05, 3.63) is 144 Å². The number of benzene rings is 4. The predicted octanol–water partition coefficient (Wildman–Crippen LogP) is 8.72. The van der Waals surface area contributed by atoms with Crippen LogP contribution in [-0.2, 0) is 9.47 Å². The molecule has 3 atom stereocenters. The normalized spacial score (nSPS) is 20.1. The van der Waals surface area contributed by atoms with Crippen LogP contribution in [0.15, 0.2) is 133 Å². The number of nitrogens with one attached hydrogen (secondary N) is 1. The van der Waals surface area contributed by atoms with Crippen molar-refractivity contribution in [2.45, 2.75) is 38.3 Å². The number of rotatable bonds is 3. The van der Waals surface area contributed by atoms with Crippen molar-refractivity contribution in [1.29, 1.82) is 0 Å². The zero-order valence-electron chi connectivity index (χ0n) is 21.5. The van der Waals surface area contributed by atoms with Crippen LogP contribution < -0.4 is 5.32 Å². The maximum atomic E-state index is 6.02. The number of anilines is 1. The highest BCUT2D eigenvalue weighted by molar-refractivity contribution is 5.81. The van der Waals surface area contributed by atoms with Crippen molar-refractivity contribution < 1.29 is 9.47 Å². The van der Waals surface area contributed by atoms with E-state index in [1.54, 1.807) is 6.26 Å². The average molecular weight is 519 g/mol. The average Bonchev–Trinajstić information content (AvgIpc) is 3.74. The molecular formula is C35H38N2O2. The summed E-state index contributed by atoms with van der Waals surface area (Å²) in [6, 6.07) is 39.5. The molecule has 1 N–H and O–H groups in total. The lowest BCUT2D eigenvalue weighted by Gasteiger charge is -2.36. The van der Waals surface area contributed by atoms with Crippen molar-refractivity contribution in [3.8, 4) is 0 Å². The van der Waals surface area contributed by atoms with Crippen molar-refractivity contribution in [3.63, 3.8) is 0 Å². The zero-order valence-corrected chi connectivity index (χ0v) is 21.5. The van der Waals surface area contributed by atoms with E-state index in [1.165, 1.54) is 16.8 Å². The van der Waals surface area contributed by atoms with Crippen molar-refractivity contribution in [2.75, 3.05) is 18.5 Å². The molecular weight excluding hydrogens is 480 g/mol. The van der Waals surface area contributed by atoms with Crippen LogP contribution in [0.4, 0.5) is 11.4 Å². The van der Waals surface area contributed by atoms with E-state index >= 15 is 0 Å². The number of hydrogen-bond acceptors (Lipinski definition) is 4. The van der Waals surface area contributed by atoms with Crippen LogP contribution in [0.25, 0.3) is 0 Å². The minimum atomic E-state index is 0. The van der Waals surface area contributed by atoms with Crippen LogP contribution in [0.3, 0.4) is 0 Å². The number of ether oxygens (including phenoxy) is 2. The maximum Gasteiger partial charge on any atom is 0.0908 e. The molecule has 1 saturated heterocycles. The zero-order chi connectivity index (χ0) is 25.8. The lowest BCUT2D eigenvalue weighted by atomic mass is 9.82. The van der Waals surface area contributed by atoms with Gasteiger partial charge in [0, 0.05) is 30.8 Å². The fourth-order valence-corrected chi connectivity index (χ4v) is 4.95. The van der Waals surface area contributed by atoms with E-state index in [-0.39, 0.29) is 19.6 Å². The first-order valence-corrected chi connectivity index (χ1v) is 13.3. The first kappa shape index (κ1) is 27.9. The summed E-state index contributed by atoms with van der Waals surface area (Å²) < 4.78 is 10.8. The topological polar surface area (TPSA) is 42.8 Å². The van der Waals surface area contributed by atoms with Gasteiger partial charge in [0.1, 0.15) is 0 Å². The Balaban J connectivity index is 0.000000155. The molecule has 39 heavy (non-hydrogen) atoms. The fourth-order valence-electron chi connectivity index (χ4n) is 4.95. The highest BCUT2D eigenvalue weighted by atomic mass is 16.5. The fraction of sp³-hybridized carbons (Fsp3) is 0.229. The summed E-state index contributed by atoms with van der Waals surface area (Å²) in [6.07, 6.45) is 8.11. The molecule has 0 radical (unpaired) electrons. The third-order valence-corrected chi connectivity index (χ3v) is 6.81. The highest BCUT2D eigenvalue weighted by Crippen LogP contribution is 2.46. The van der Waals surface area contributed by atoms with Crippen LogP contribution in [0.5, 0.6) is 0 Å². The lowest BCUT2D eigenvalue weighted by molar-refractivity contribution is 0.0851. The molecule has 0 aliphatic carbocycles. The van der Waals surface area contributed by atoms with E-state index < -0.39 is 0 Å². The van der Waals surface area contributed by atoms with Gasteiger partial charge < -0.3 is 14.8 Å². The Hall–Kier alpha value is -4.15. The summed E-state index contributed by atoms with van der Waals surface area (Å²) in [5.74, 6) is 0.530. The molecule has 7 rings (SSSR count). The van der Waals surface area contributed by atoms with Crippen LogP contribution >= 0.6 is 0 Å². The molecule has 0 spiro atoms. The van der Waals surface area contributed by atoms with E-state index in [0.29, 0.717) is 5.92 Å². The smallest absolute Gasteiger partial charge is 0.0908 e. The Morgan fingerprint density at radius 2 is 1.41 bits per heavy atom. The van der Waals surface area contributed by atoms with E-state index in [2.05, 4.69) is 64.9 Å². The van der Waals surface area contributed by atoms with Gasteiger partial charge in [-0.25, -0.2) is 0 Å². The van der Waals surface area contributed by atoms with Gasteiger partial charge in [0.15, 0.2) is 0 Å². The van der Waals surface area contributed by atoms with Gasteiger partial charge in [0.05, 0.1) is 30.7 Å². The van der Waals surface area contributed by atoms with Crippen LogP contribution in [0.1, 0.15) is 48.9 Å². The second-order valence-electron chi connectivity index (χ2n) is 9.39. The number of nitrogens with zero attached hydrogens (tertiary/aromatic N) is 1. The molecule has 0 amide bonds. The Bertz CT molecular complexity index is 1260. The second-order valence-corrected chi connectivity index (χ2v) is 9.39. The Morgan fingerprint density at radius 1 is 0.744 bits per heavy atom. The molecule has 4 aromatic rings. The second kappa shape index (κ2) is 14.7. The van der Waals surface area contributed by atoms with Crippen LogP contribution in [0.2, 0.25) is 0 Å².